The molecule has 0 radical (unpaired) electrons. The molecule has 3 heterocycles. The summed E-state index contributed by atoms with van der Waals surface area (Å²) in [6.45, 7) is 3.32. The van der Waals surface area contributed by atoms with Gasteiger partial charge in [0.15, 0.2) is 0 Å². The predicted octanol–water partition coefficient (Wildman–Crippen LogP) is 2.78. The normalized spacial score (nSPS) is 23.2. The maximum absolute atomic E-state index is 12.9. The summed E-state index contributed by atoms with van der Waals surface area (Å²) in [7, 11) is 1.73. The molecule has 2 aromatic heterocycles. The summed E-state index contributed by atoms with van der Waals surface area (Å²) < 4.78 is 6.96. The number of aromatic nitrogens is 2. The van der Waals surface area contributed by atoms with Crippen molar-refractivity contribution in [3.63, 3.8) is 0 Å². The van der Waals surface area contributed by atoms with Crippen molar-refractivity contribution in [3.8, 4) is 5.75 Å². The van der Waals surface area contributed by atoms with E-state index in [1.165, 1.54) is 27.0 Å². The van der Waals surface area contributed by atoms with Crippen LogP contribution in [0.25, 0.3) is 10.2 Å². The number of hydrogen-bond donors (Lipinski definition) is 2. The molecule has 0 amide bonds. The first-order valence-corrected chi connectivity index (χ1v) is 11.1. The van der Waals surface area contributed by atoms with Gasteiger partial charge in [-0.1, -0.05) is 12.1 Å². The van der Waals surface area contributed by atoms with Gasteiger partial charge in [-0.15, -0.1) is 11.3 Å². The molecule has 1 aliphatic carbocycles. The molecular weight excluding hydrogens is 386 g/mol. The average Bonchev–Trinajstić information content (AvgIpc) is 3.31. The van der Waals surface area contributed by atoms with Crippen LogP contribution < -0.4 is 21.3 Å². The number of aryl methyl sites for hydroxylation is 1. The zero-order chi connectivity index (χ0) is 20.1. The minimum Gasteiger partial charge on any atom is -0.496 e. The molecular formula is C22H25N3O3S. The van der Waals surface area contributed by atoms with E-state index in [2.05, 4.69) is 22.4 Å². The van der Waals surface area contributed by atoms with Crippen molar-refractivity contribution in [1.82, 2.24) is 14.9 Å². The molecule has 0 bridgehead atoms. The molecule has 29 heavy (non-hydrogen) atoms. The van der Waals surface area contributed by atoms with Crippen LogP contribution in [0.2, 0.25) is 0 Å². The second kappa shape index (κ2) is 7.15. The van der Waals surface area contributed by atoms with Crippen molar-refractivity contribution in [2.45, 2.75) is 44.7 Å². The fraction of sp³-hybridized carbons (Fsp3) is 0.455. The number of benzene rings is 1. The SMILES string of the molecule is COc1cccc2c1CCC1CNC(CCn3c(=O)[nH]c4scc(C)c4c3=O)C21. The second-order valence-corrected chi connectivity index (χ2v) is 9.05. The molecule has 5 rings (SSSR count). The number of thiophene rings is 1. The highest BCUT2D eigenvalue weighted by Gasteiger charge is 2.40. The van der Waals surface area contributed by atoms with Crippen molar-refractivity contribution in [3.05, 3.63) is 61.1 Å². The van der Waals surface area contributed by atoms with Gasteiger partial charge in [-0.25, -0.2) is 4.79 Å². The number of nitrogens with one attached hydrogen (secondary N) is 2. The van der Waals surface area contributed by atoms with E-state index in [9.17, 15) is 9.59 Å². The van der Waals surface area contributed by atoms with Crippen LogP contribution in [0.1, 0.15) is 35.4 Å². The van der Waals surface area contributed by atoms with E-state index in [4.69, 9.17) is 4.74 Å². The van der Waals surface area contributed by atoms with Crippen LogP contribution >= 0.6 is 11.3 Å². The Bertz CT molecular complexity index is 1190. The molecule has 3 atom stereocenters. The standard InChI is InChI=1S/C22H25N3O3S/c1-12-11-29-20-18(12)21(26)25(22(27)24-20)9-8-16-19-13(10-23-16)6-7-14-15(19)4-3-5-17(14)28-2/h3-5,11,13,16,19,23H,6-10H2,1-2H3,(H,24,27). The molecule has 1 saturated heterocycles. The Kier molecular flexibility index (Phi) is 4.59. The Morgan fingerprint density at radius 1 is 1.31 bits per heavy atom. The summed E-state index contributed by atoms with van der Waals surface area (Å²) in [5, 5.41) is 6.22. The number of fused-ring (bicyclic) bond motifs is 4. The minimum absolute atomic E-state index is 0.178. The highest BCUT2D eigenvalue weighted by Crippen LogP contribution is 2.45. The van der Waals surface area contributed by atoms with Crippen molar-refractivity contribution < 1.29 is 4.74 Å². The van der Waals surface area contributed by atoms with Crippen LogP contribution in [-0.4, -0.2) is 29.2 Å². The first kappa shape index (κ1) is 18.6. The van der Waals surface area contributed by atoms with Gasteiger partial charge in [0.25, 0.3) is 5.56 Å². The quantitative estimate of drug-likeness (QED) is 0.692. The smallest absolute Gasteiger partial charge is 0.329 e. The Morgan fingerprint density at radius 2 is 2.17 bits per heavy atom. The molecule has 7 heteroatoms. The molecule has 2 N–H and O–H groups in total. The van der Waals surface area contributed by atoms with Gasteiger partial charge >= 0.3 is 5.69 Å². The fourth-order valence-corrected chi connectivity index (χ4v) is 6.19. The lowest BCUT2D eigenvalue weighted by Crippen LogP contribution is -2.37. The number of aromatic amines is 1. The number of methoxy groups -OCH3 is 1. The van der Waals surface area contributed by atoms with Crippen LogP contribution in [-0.2, 0) is 13.0 Å². The summed E-state index contributed by atoms with van der Waals surface area (Å²) in [5.74, 6) is 1.96. The Hall–Kier alpha value is -2.38. The lowest BCUT2D eigenvalue weighted by Gasteiger charge is -2.32. The number of hydrogen-bond acceptors (Lipinski definition) is 5. The molecule has 6 nitrogen and oxygen atoms in total. The second-order valence-electron chi connectivity index (χ2n) is 8.17. The van der Waals surface area contributed by atoms with Gasteiger partial charge in [0.1, 0.15) is 10.6 Å². The third-order valence-corrected chi connectivity index (χ3v) is 7.67. The van der Waals surface area contributed by atoms with Crippen LogP contribution in [0.3, 0.4) is 0 Å². The number of H-pyrrole nitrogens is 1. The van der Waals surface area contributed by atoms with Gasteiger partial charge in [-0.05, 0) is 66.8 Å². The molecule has 0 saturated carbocycles. The van der Waals surface area contributed by atoms with E-state index in [1.54, 1.807) is 7.11 Å². The summed E-state index contributed by atoms with van der Waals surface area (Å²) in [6.07, 6.45) is 2.93. The lowest BCUT2D eigenvalue weighted by molar-refractivity contribution is 0.371. The Labute approximate surface area is 172 Å². The van der Waals surface area contributed by atoms with E-state index in [0.717, 1.165) is 37.1 Å². The Balaban J connectivity index is 1.45. The van der Waals surface area contributed by atoms with E-state index in [-0.39, 0.29) is 17.3 Å². The minimum atomic E-state index is -0.315. The zero-order valence-electron chi connectivity index (χ0n) is 16.7. The number of nitrogens with zero attached hydrogens (tertiary/aromatic N) is 1. The fourth-order valence-electron chi connectivity index (χ4n) is 5.27. The first-order valence-electron chi connectivity index (χ1n) is 10.2. The number of ether oxygens (including phenoxy) is 1. The van der Waals surface area contributed by atoms with E-state index >= 15 is 0 Å². The lowest BCUT2D eigenvalue weighted by atomic mass is 9.73. The maximum atomic E-state index is 12.9. The van der Waals surface area contributed by atoms with Crippen LogP contribution in [0, 0.1) is 12.8 Å². The molecule has 1 fully saturated rings. The molecule has 3 aromatic rings. The Morgan fingerprint density at radius 3 is 3.00 bits per heavy atom. The van der Waals surface area contributed by atoms with Crippen molar-refractivity contribution in [2.75, 3.05) is 13.7 Å². The van der Waals surface area contributed by atoms with E-state index in [1.807, 2.05) is 18.4 Å². The average molecular weight is 412 g/mol. The highest BCUT2D eigenvalue weighted by molar-refractivity contribution is 7.16. The van der Waals surface area contributed by atoms with Crippen molar-refractivity contribution >= 4 is 21.6 Å². The van der Waals surface area contributed by atoms with Gasteiger partial charge in [0, 0.05) is 18.5 Å². The molecule has 2 aliphatic rings. The molecule has 1 aromatic carbocycles. The molecule has 152 valence electrons. The van der Waals surface area contributed by atoms with Gasteiger partial charge in [-0.3, -0.25) is 14.3 Å². The highest BCUT2D eigenvalue weighted by atomic mass is 32.1. The van der Waals surface area contributed by atoms with Gasteiger partial charge < -0.3 is 10.1 Å². The van der Waals surface area contributed by atoms with Gasteiger partial charge in [0.05, 0.1) is 12.5 Å². The monoisotopic (exact) mass is 411 g/mol. The zero-order valence-corrected chi connectivity index (χ0v) is 17.5. The van der Waals surface area contributed by atoms with Crippen molar-refractivity contribution in [1.29, 1.82) is 0 Å². The van der Waals surface area contributed by atoms with E-state index in [0.29, 0.717) is 28.6 Å². The van der Waals surface area contributed by atoms with E-state index < -0.39 is 0 Å². The maximum Gasteiger partial charge on any atom is 0.329 e. The summed E-state index contributed by atoms with van der Waals surface area (Å²) >= 11 is 1.41. The topological polar surface area (TPSA) is 76.1 Å². The summed E-state index contributed by atoms with van der Waals surface area (Å²) in [5.41, 5.74) is 3.11. The van der Waals surface area contributed by atoms with Crippen LogP contribution in [0.15, 0.2) is 33.2 Å². The van der Waals surface area contributed by atoms with Gasteiger partial charge in [-0.2, -0.15) is 0 Å². The van der Waals surface area contributed by atoms with Crippen LogP contribution in [0.5, 0.6) is 5.75 Å². The summed E-state index contributed by atoms with van der Waals surface area (Å²) in [4.78, 5) is 29.0. The predicted molar refractivity (Wildman–Crippen MR) is 115 cm³/mol. The van der Waals surface area contributed by atoms with Crippen molar-refractivity contribution in [2.24, 2.45) is 5.92 Å². The number of rotatable bonds is 4. The third-order valence-electron chi connectivity index (χ3n) is 6.66. The summed E-state index contributed by atoms with van der Waals surface area (Å²) in [6, 6.07) is 6.57. The largest absolute Gasteiger partial charge is 0.496 e. The van der Waals surface area contributed by atoms with Gasteiger partial charge in [0.2, 0.25) is 0 Å². The molecule has 3 unspecified atom stereocenters. The molecule has 0 spiro atoms. The van der Waals surface area contributed by atoms with Crippen LogP contribution in [0.4, 0.5) is 0 Å². The first-order chi connectivity index (χ1) is 14.1. The molecule has 1 aliphatic heterocycles. The third kappa shape index (κ3) is 2.95.